The first-order valence-corrected chi connectivity index (χ1v) is 6.61. The molecule has 0 saturated carbocycles. The molecule has 0 saturated heterocycles. The number of hydrogen-bond donors (Lipinski definition) is 1. The van der Waals surface area contributed by atoms with E-state index in [2.05, 4.69) is 5.10 Å². The van der Waals surface area contributed by atoms with Crippen LogP contribution in [0, 0.1) is 0 Å². The van der Waals surface area contributed by atoms with Crippen molar-refractivity contribution in [3.8, 4) is 11.5 Å². The van der Waals surface area contributed by atoms with E-state index in [1.807, 2.05) is 0 Å². The highest BCUT2D eigenvalue weighted by Gasteiger charge is 2.21. The van der Waals surface area contributed by atoms with Gasteiger partial charge in [-0.15, -0.1) is 0 Å². The Balaban J connectivity index is 2.26. The van der Waals surface area contributed by atoms with Crippen LogP contribution in [0.2, 0.25) is 0 Å². The van der Waals surface area contributed by atoms with Crippen LogP contribution in [0.4, 0.5) is 0 Å². The molecule has 1 aromatic carbocycles. The van der Waals surface area contributed by atoms with Gasteiger partial charge in [0.15, 0.2) is 5.69 Å². The second-order valence-electron chi connectivity index (χ2n) is 4.82. The Hall–Kier alpha value is -2.83. The van der Waals surface area contributed by atoms with Gasteiger partial charge in [0.2, 0.25) is 0 Å². The smallest absolute Gasteiger partial charge is 0.362 e. The molecule has 1 aromatic heterocycles. The third-order valence-electron chi connectivity index (χ3n) is 2.92. The largest absolute Gasteiger partial charge is 0.497 e. The molecule has 1 heterocycles. The maximum absolute atomic E-state index is 12.2. The highest BCUT2D eigenvalue weighted by molar-refractivity contribution is 5.93. The van der Waals surface area contributed by atoms with Gasteiger partial charge in [0.1, 0.15) is 17.2 Å². The lowest BCUT2D eigenvalue weighted by Crippen LogP contribution is -2.17. The molecule has 0 aliphatic rings. The molecule has 2 aromatic rings. The number of methoxy groups -OCH3 is 1. The summed E-state index contributed by atoms with van der Waals surface area (Å²) in [6, 6.07) is 7.52. The molecule has 0 bridgehead atoms. The van der Waals surface area contributed by atoms with Crippen molar-refractivity contribution in [1.82, 2.24) is 9.78 Å². The number of ether oxygens (including phenoxy) is 2. The predicted molar refractivity (Wildman–Crippen MR) is 77.5 cm³/mol. The van der Waals surface area contributed by atoms with Crippen LogP contribution in [0.15, 0.2) is 30.3 Å². The second kappa shape index (κ2) is 6.30. The lowest BCUT2D eigenvalue weighted by molar-refractivity contribution is 0.0686. The van der Waals surface area contributed by atoms with Gasteiger partial charge >= 0.3 is 11.9 Å². The Morgan fingerprint density at radius 1 is 1.18 bits per heavy atom. The van der Waals surface area contributed by atoms with E-state index < -0.39 is 11.9 Å². The molecule has 0 atom stereocenters. The van der Waals surface area contributed by atoms with E-state index in [0.29, 0.717) is 11.5 Å². The van der Waals surface area contributed by atoms with Crippen LogP contribution < -0.4 is 9.47 Å². The maximum atomic E-state index is 12.2. The molecule has 7 heteroatoms. The number of carbonyl (C=O) groups excluding carboxylic acids is 1. The molecule has 1 N–H and O–H groups in total. The van der Waals surface area contributed by atoms with E-state index in [4.69, 9.17) is 14.6 Å². The first-order chi connectivity index (χ1) is 10.4. The standard InChI is InChI=1S/C15H16N2O5/c1-9(2)17-13(8-12(16-17)14(18)19)15(20)22-11-6-4-10(21-3)5-7-11/h4-9H,1-3H3,(H,18,19). The van der Waals surface area contributed by atoms with Gasteiger partial charge in [-0.05, 0) is 38.1 Å². The van der Waals surface area contributed by atoms with Crippen molar-refractivity contribution in [2.45, 2.75) is 19.9 Å². The molecule has 116 valence electrons. The zero-order valence-electron chi connectivity index (χ0n) is 12.4. The molecule has 0 aliphatic heterocycles. The van der Waals surface area contributed by atoms with Gasteiger partial charge in [0.05, 0.1) is 7.11 Å². The first-order valence-electron chi connectivity index (χ1n) is 6.61. The van der Waals surface area contributed by atoms with Gasteiger partial charge in [-0.1, -0.05) is 0 Å². The average molecular weight is 304 g/mol. The fourth-order valence-corrected chi connectivity index (χ4v) is 1.85. The molecule has 0 fully saturated rings. The fourth-order valence-electron chi connectivity index (χ4n) is 1.85. The minimum absolute atomic E-state index is 0.0863. The van der Waals surface area contributed by atoms with Gasteiger partial charge < -0.3 is 14.6 Å². The lowest BCUT2D eigenvalue weighted by Gasteiger charge is -2.10. The van der Waals surface area contributed by atoms with Crippen molar-refractivity contribution >= 4 is 11.9 Å². The van der Waals surface area contributed by atoms with Crippen LogP contribution >= 0.6 is 0 Å². The molecule has 0 aliphatic carbocycles. The normalized spacial score (nSPS) is 10.5. The predicted octanol–water partition coefficient (Wildman–Crippen LogP) is 2.39. The van der Waals surface area contributed by atoms with Crippen molar-refractivity contribution in [1.29, 1.82) is 0 Å². The molecule has 0 unspecified atom stereocenters. The van der Waals surface area contributed by atoms with E-state index in [1.54, 1.807) is 38.1 Å². The zero-order chi connectivity index (χ0) is 16.3. The highest BCUT2D eigenvalue weighted by Crippen LogP contribution is 2.19. The Morgan fingerprint density at radius 2 is 1.77 bits per heavy atom. The van der Waals surface area contributed by atoms with E-state index in [0.717, 1.165) is 0 Å². The van der Waals surface area contributed by atoms with E-state index >= 15 is 0 Å². The van der Waals surface area contributed by atoms with Crippen LogP contribution in [0.25, 0.3) is 0 Å². The monoisotopic (exact) mass is 304 g/mol. The first kappa shape index (κ1) is 15.6. The minimum atomic E-state index is -1.20. The molecular formula is C15H16N2O5. The SMILES string of the molecule is COc1ccc(OC(=O)c2cc(C(=O)O)nn2C(C)C)cc1. The zero-order valence-corrected chi connectivity index (χ0v) is 12.4. The summed E-state index contributed by atoms with van der Waals surface area (Å²) < 4.78 is 11.6. The number of benzene rings is 1. The Labute approximate surface area is 127 Å². The number of hydrogen-bond acceptors (Lipinski definition) is 5. The van der Waals surface area contributed by atoms with E-state index in [9.17, 15) is 9.59 Å². The Bertz CT molecular complexity index is 688. The number of aromatic nitrogens is 2. The minimum Gasteiger partial charge on any atom is -0.497 e. The topological polar surface area (TPSA) is 90.7 Å². The van der Waals surface area contributed by atoms with Crippen LogP contribution in [0.5, 0.6) is 11.5 Å². The molecular weight excluding hydrogens is 288 g/mol. The van der Waals surface area contributed by atoms with E-state index in [1.165, 1.54) is 17.9 Å². The third-order valence-corrected chi connectivity index (χ3v) is 2.92. The van der Waals surface area contributed by atoms with Crippen molar-refractivity contribution in [3.63, 3.8) is 0 Å². The van der Waals surface area contributed by atoms with Gasteiger partial charge in [0, 0.05) is 12.1 Å². The van der Waals surface area contributed by atoms with Crippen LogP contribution in [-0.2, 0) is 0 Å². The summed E-state index contributed by atoms with van der Waals surface area (Å²) in [4.78, 5) is 23.2. The summed E-state index contributed by atoms with van der Waals surface area (Å²) >= 11 is 0. The number of rotatable bonds is 5. The molecule has 0 radical (unpaired) electrons. The fraction of sp³-hybridized carbons (Fsp3) is 0.267. The van der Waals surface area contributed by atoms with Crippen molar-refractivity contribution in [2.24, 2.45) is 0 Å². The summed E-state index contributed by atoms with van der Waals surface area (Å²) in [7, 11) is 1.54. The van der Waals surface area contributed by atoms with Crippen LogP contribution in [0.3, 0.4) is 0 Å². The number of nitrogens with zero attached hydrogens (tertiary/aromatic N) is 2. The maximum Gasteiger partial charge on any atom is 0.362 e. The van der Waals surface area contributed by atoms with Crippen LogP contribution in [-0.4, -0.2) is 33.9 Å². The Morgan fingerprint density at radius 3 is 2.27 bits per heavy atom. The number of carboxylic acid groups (broad SMARTS) is 1. The average Bonchev–Trinajstić information content (AvgIpc) is 2.94. The molecule has 7 nitrogen and oxygen atoms in total. The molecule has 0 spiro atoms. The van der Waals surface area contributed by atoms with Gasteiger partial charge in [0.25, 0.3) is 0 Å². The van der Waals surface area contributed by atoms with Gasteiger partial charge in [-0.3, -0.25) is 4.68 Å². The number of esters is 1. The summed E-state index contributed by atoms with van der Waals surface area (Å²) in [5.41, 5.74) is -0.112. The van der Waals surface area contributed by atoms with Crippen LogP contribution in [0.1, 0.15) is 40.9 Å². The Kier molecular flexibility index (Phi) is 4.45. The lowest BCUT2D eigenvalue weighted by atomic mass is 10.3. The van der Waals surface area contributed by atoms with E-state index in [-0.39, 0.29) is 17.4 Å². The summed E-state index contributed by atoms with van der Waals surface area (Å²) in [5, 5.41) is 12.9. The molecule has 2 rings (SSSR count). The van der Waals surface area contributed by atoms with Crippen molar-refractivity contribution in [2.75, 3.05) is 7.11 Å². The summed E-state index contributed by atoms with van der Waals surface area (Å²) in [5.74, 6) is -0.892. The summed E-state index contributed by atoms with van der Waals surface area (Å²) in [6.07, 6.45) is 0. The van der Waals surface area contributed by atoms with Crippen molar-refractivity contribution in [3.05, 3.63) is 41.7 Å². The number of carbonyl (C=O) groups is 2. The second-order valence-corrected chi connectivity index (χ2v) is 4.82. The highest BCUT2D eigenvalue weighted by atomic mass is 16.5. The number of aromatic carboxylic acids is 1. The molecule has 22 heavy (non-hydrogen) atoms. The number of carboxylic acids is 1. The molecule has 0 amide bonds. The van der Waals surface area contributed by atoms with Crippen molar-refractivity contribution < 1.29 is 24.2 Å². The van der Waals surface area contributed by atoms with Gasteiger partial charge in [-0.2, -0.15) is 5.10 Å². The summed E-state index contributed by atoms with van der Waals surface area (Å²) in [6.45, 7) is 3.59. The van der Waals surface area contributed by atoms with Gasteiger partial charge in [-0.25, -0.2) is 9.59 Å². The third kappa shape index (κ3) is 3.25. The quantitative estimate of drug-likeness (QED) is 0.673.